The Balaban J connectivity index is 1.52. The number of fused-ring (bicyclic) bond motifs is 1. The maximum absolute atomic E-state index is 12.9. The molecule has 3 aromatic rings. The van der Waals surface area contributed by atoms with Gasteiger partial charge in [-0.1, -0.05) is 18.2 Å². The highest BCUT2D eigenvalue weighted by atomic mass is 32.1. The molecule has 0 aliphatic carbocycles. The van der Waals surface area contributed by atoms with Crippen molar-refractivity contribution in [2.75, 3.05) is 32.8 Å². The molecule has 1 aromatic carbocycles. The summed E-state index contributed by atoms with van der Waals surface area (Å²) >= 11 is 1.55. The van der Waals surface area contributed by atoms with Gasteiger partial charge >= 0.3 is 0 Å². The molecule has 1 saturated heterocycles. The first kappa shape index (κ1) is 18.2. The van der Waals surface area contributed by atoms with Gasteiger partial charge < -0.3 is 14.5 Å². The van der Waals surface area contributed by atoms with E-state index in [9.17, 15) is 4.79 Å². The minimum atomic E-state index is -0.0183. The average Bonchev–Trinajstić information content (AvgIpc) is 3.27. The predicted octanol–water partition coefficient (Wildman–Crippen LogP) is 3.91. The average molecular weight is 385 g/mol. The highest BCUT2D eigenvalue weighted by molar-refractivity contribution is 7.21. The minimum Gasteiger partial charge on any atom is -0.465 e. The fourth-order valence-corrected chi connectivity index (χ4v) is 4.72. The molecule has 4 rings (SSSR count). The first-order valence-corrected chi connectivity index (χ1v) is 10.1. The molecule has 27 heavy (non-hydrogen) atoms. The molecule has 1 fully saturated rings. The SMILES string of the molecule is Cc1ccc(C(CNC(=O)c2sc3ccccc3c2C)N2CCOCC2)o1. The zero-order valence-corrected chi connectivity index (χ0v) is 16.5. The van der Waals surface area contributed by atoms with Gasteiger partial charge in [-0.2, -0.15) is 0 Å². The van der Waals surface area contributed by atoms with E-state index in [-0.39, 0.29) is 11.9 Å². The number of morpholine rings is 1. The Morgan fingerprint density at radius 1 is 1.19 bits per heavy atom. The molecular formula is C21H24N2O3S. The van der Waals surface area contributed by atoms with Crippen LogP contribution in [0.25, 0.3) is 10.1 Å². The summed E-state index contributed by atoms with van der Waals surface area (Å²) in [5.74, 6) is 1.76. The van der Waals surface area contributed by atoms with Crippen molar-refractivity contribution >= 4 is 27.3 Å². The predicted molar refractivity (Wildman–Crippen MR) is 107 cm³/mol. The second-order valence-electron chi connectivity index (χ2n) is 6.87. The van der Waals surface area contributed by atoms with Gasteiger partial charge in [-0.15, -0.1) is 11.3 Å². The lowest BCUT2D eigenvalue weighted by Gasteiger charge is -2.33. The molecule has 0 radical (unpaired) electrons. The number of nitrogens with one attached hydrogen (secondary N) is 1. The Labute approximate surface area is 162 Å². The van der Waals surface area contributed by atoms with Gasteiger partial charge in [0.1, 0.15) is 11.5 Å². The molecular weight excluding hydrogens is 360 g/mol. The Morgan fingerprint density at radius 2 is 1.96 bits per heavy atom. The Morgan fingerprint density at radius 3 is 2.67 bits per heavy atom. The molecule has 5 nitrogen and oxygen atoms in total. The van der Waals surface area contributed by atoms with Gasteiger partial charge in [0, 0.05) is 24.3 Å². The van der Waals surface area contributed by atoms with Crippen LogP contribution in [-0.2, 0) is 4.74 Å². The van der Waals surface area contributed by atoms with Crippen LogP contribution in [0.5, 0.6) is 0 Å². The number of hydrogen-bond acceptors (Lipinski definition) is 5. The standard InChI is InChI=1S/C21H24N2O3S/c1-14-7-8-18(26-14)17(23-9-11-25-12-10-23)13-22-21(24)20-15(2)16-5-3-4-6-19(16)27-20/h3-8,17H,9-13H2,1-2H3,(H,22,24). The molecule has 1 unspecified atom stereocenters. The van der Waals surface area contributed by atoms with Crippen LogP contribution in [0.3, 0.4) is 0 Å². The number of amides is 1. The van der Waals surface area contributed by atoms with Crippen LogP contribution in [0.4, 0.5) is 0 Å². The van der Waals surface area contributed by atoms with Gasteiger partial charge in [0.15, 0.2) is 0 Å². The maximum atomic E-state index is 12.9. The topological polar surface area (TPSA) is 54.7 Å². The first-order valence-electron chi connectivity index (χ1n) is 9.28. The van der Waals surface area contributed by atoms with E-state index in [4.69, 9.17) is 9.15 Å². The first-order chi connectivity index (χ1) is 13.1. The lowest BCUT2D eigenvalue weighted by atomic mass is 10.1. The molecule has 1 atom stereocenters. The zero-order chi connectivity index (χ0) is 18.8. The van der Waals surface area contributed by atoms with Crippen LogP contribution in [0.1, 0.15) is 32.8 Å². The number of rotatable bonds is 5. The number of thiophene rings is 1. The van der Waals surface area contributed by atoms with Gasteiger partial charge in [-0.25, -0.2) is 0 Å². The molecule has 0 spiro atoms. The number of benzene rings is 1. The molecule has 1 N–H and O–H groups in total. The van der Waals surface area contributed by atoms with E-state index in [2.05, 4.69) is 22.3 Å². The van der Waals surface area contributed by atoms with Crippen LogP contribution >= 0.6 is 11.3 Å². The van der Waals surface area contributed by atoms with Crippen molar-refractivity contribution in [1.82, 2.24) is 10.2 Å². The van der Waals surface area contributed by atoms with Crippen molar-refractivity contribution in [1.29, 1.82) is 0 Å². The normalized spacial score (nSPS) is 16.5. The molecule has 1 aliphatic rings. The van der Waals surface area contributed by atoms with Crippen molar-refractivity contribution in [2.45, 2.75) is 19.9 Å². The lowest BCUT2D eigenvalue weighted by molar-refractivity contribution is 0.0117. The van der Waals surface area contributed by atoms with E-state index in [1.807, 2.05) is 38.1 Å². The van der Waals surface area contributed by atoms with E-state index in [1.165, 1.54) is 0 Å². The lowest BCUT2D eigenvalue weighted by Crippen LogP contribution is -2.43. The van der Waals surface area contributed by atoms with Crippen LogP contribution in [0.15, 0.2) is 40.8 Å². The Kier molecular flexibility index (Phi) is 5.29. The van der Waals surface area contributed by atoms with Crippen molar-refractivity contribution in [3.8, 4) is 0 Å². The summed E-state index contributed by atoms with van der Waals surface area (Å²) in [7, 11) is 0. The number of aryl methyl sites for hydroxylation is 2. The number of carbonyl (C=O) groups excluding carboxylic acids is 1. The van der Waals surface area contributed by atoms with Crippen molar-refractivity contribution in [2.24, 2.45) is 0 Å². The van der Waals surface area contributed by atoms with E-state index in [0.29, 0.717) is 19.8 Å². The summed E-state index contributed by atoms with van der Waals surface area (Å²) in [6.07, 6.45) is 0. The van der Waals surface area contributed by atoms with Gasteiger partial charge in [-0.05, 0) is 43.0 Å². The smallest absolute Gasteiger partial charge is 0.261 e. The molecule has 1 amide bonds. The molecule has 3 heterocycles. The molecule has 2 aromatic heterocycles. The van der Waals surface area contributed by atoms with Crippen molar-refractivity contribution < 1.29 is 13.9 Å². The number of furan rings is 1. The monoisotopic (exact) mass is 384 g/mol. The molecule has 0 saturated carbocycles. The summed E-state index contributed by atoms with van der Waals surface area (Å²) in [6, 6.07) is 12.1. The second kappa shape index (κ2) is 7.84. The van der Waals surface area contributed by atoms with E-state index in [1.54, 1.807) is 11.3 Å². The maximum Gasteiger partial charge on any atom is 0.261 e. The second-order valence-corrected chi connectivity index (χ2v) is 7.93. The third kappa shape index (κ3) is 3.78. The van der Waals surface area contributed by atoms with Crippen LogP contribution in [0.2, 0.25) is 0 Å². The number of hydrogen-bond donors (Lipinski definition) is 1. The van der Waals surface area contributed by atoms with Gasteiger partial charge in [0.25, 0.3) is 5.91 Å². The van der Waals surface area contributed by atoms with Crippen LogP contribution < -0.4 is 5.32 Å². The third-order valence-electron chi connectivity index (χ3n) is 5.08. The van der Waals surface area contributed by atoms with Gasteiger partial charge in [0.2, 0.25) is 0 Å². The fraction of sp³-hybridized carbons (Fsp3) is 0.381. The number of nitrogens with zero attached hydrogens (tertiary/aromatic N) is 1. The Hall–Kier alpha value is -2.15. The zero-order valence-electron chi connectivity index (χ0n) is 15.7. The summed E-state index contributed by atoms with van der Waals surface area (Å²) in [5, 5.41) is 4.29. The molecule has 6 heteroatoms. The van der Waals surface area contributed by atoms with Crippen molar-refractivity contribution in [3.05, 3.63) is 58.4 Å². The quantitative estimate of drug-likeness (QED) is 0.725. The van der Waals surface area contributed by atoms with Gasteiger partial charge in [0.05, 0.1) is 24.1 Å². The summed E-state index contributed by atoms with van der Waals surface area (Å²) in [5.41, 5.74) is 1.05. The number of carbonyl (C=O) groups is 1. The number of ether oxygens (including phenoxy) is 1. The molecule has 142 valence electrons. The minimum absolute atomic E-state index is 0.0150. The summed E-state index contributed by atoms with van der Waals surface area (Å²) in [6.45, 7) is 7.56. The van der Waals surface area contributed by atoms with E-state index < -0.39 is 0 Å². The molecule has 1 aliphatic heterocycles. The highest BCUT2D eigenvalue weighted by Crippen LogP contribution is 2.30. The molecule has 0 bridgehead atoms. The van der Waals surface area contributed by atoms with Crippen LogP contribution in [-0.4, -0.2) is 43.7 Å². The van der Waals surface area contributed by atoms with Crippen LogP contribution in [0, 0.1) is 13.8 Å². The largest absolute Gasteiger partial charge is 0.465 e. The third-order valence-corrected chi connectivity index (χ3v) is 6.35. The Bertz CT molecular complexity index is 940. The summed E-state index contributed by atoms with van der Waals surface area (Å²) in [4.78, 5) is 16.0. The fourth-order valence-electron chi connectivity index (χ4n) is 3.59. The van der Waals surface area contributed by atoms with E-state index in [0.717, 1.165) is 45.1 Å². The highest BCUT2D eigenvalue weighted by Gasteiger charge is 2.26. The van der Waals surface area contributed by atoms with Gasteiger partial charge in [-0.3, -0.25) is 9.69 Å². The van der Waals surface area contributed by atoms with E-state index >= 15 is 0 Å². The van der Waals surface area contributed by atoms with Crippen molar-refractivity contribution in [3.63, 3.8) is 0 Å². The summed E-state index contributed by atoms with van der Waals surface area (Å²) < 4.78 is 12.5.